The van der Waals surface area contributed by atoms with Crippen molar-refractivity contribution in [3.05, 3.63) is 24.3 Å². The fourth-order valence-corrected chi connectivity index (χ4v) is 3.78. The van der Waals surface area contributed by atoms with Gasteiger partial charge in [0.1, 0.15) is 5.82 Å². The molecule has 2 aliphatic rings. The number of H-pyrrole nitrogens is 1. The predicted octanol–water partition coefficient (Wildman–Crippen LogP) is 2.67. The average molecular weight is 367 g/mol. The normalized spacial score (nSPS) is 16.7. The summed E-state index contributed by atoms with van der Waals surface area (Å²) in [7, 11) is 0. The number of carbonyl (C=O) groups excluding carboxylic acids is 1. The largest absolute Gasteiger partial charge is 0.351 e. The quantitative estimate of drug-likeness (QED) is 0.645. The third kappa shape index (κ3) is 3.87. The highest BCUT2D eigenvalue weighted by molar-refractivity contribution is 5.74. The highest BCUT2D eigenvalue weighted by Crippen LogP contribution is 2.33. The molecule has 0 bridgehead atoms. The van der Waals surface area contributed by atoms with Crippen molar-refractivity contribution in [1.82, 2.24) is 29.5 Å². The second-order valence-electron chi connectivity index (χ2n) is 6.74. The van der Waals surface area contributed by atoms with E-state index in [0.29, 0.717) is 5.92 Å². The van der Waals surface area contributed by atoms with Gasteiger partial charge in [-0.2, -0.15) is 0 Å². The van der Waals surface area contributed by atoms with Gasteiger partial charge in [-0.25, -0.2) is 9.78 Å². The SMILES string of the molecule is C#C.NC(=O)N1CCCC1.c1cc2c(ncc3nnc(C4CCCC4)n32)[nH]1. The van der Waals surface area contributed by atoms with Crippen LogP contribution in [0.3, 0.4) is 0 Å². The molecule has 2 amide bonds. The first kappa shape index (κ1) is 18.7. The Morgan fingerprint density at radius 2 is 1.85 bits per heavy atom. The van der Waals surface area contributed by atoms with E-state index in [2.05, 4.69) is 37.4 Å². The molecule has 1 saturated heterocycles. The zero-order chi connectivity index (χ0) is 19.2. The van der Waals surface area contributed by atoms with Crippen LogP contribution < -0.4 is 5.73 Å². The first-order valence-corrected chi connectivity index (χ1v) is 9.29. The summed E-state index contributed by atoms with van der Waals surface area (Å²) in [5.74, 6) is 1.66. The fourth-order valence-electron chi connectivity index (χ4n) is 3.78. The lowest BCUT2D eigenvalue weighted by Crippen LogP contribution is -2.32. The number of nitrogens with zero attached hydrogens (tertiary/aromatic N) is 5. The van der Waals surface area contributed by atoms with Gasteiger partial charge in [0, 0.05) is 25.2 Å². The maximum atomic E-state index is 10.3. The summed E-state index contributed by atoms with van der Waals surface area (Å²) in [5.41, 5.74) is 7.81. The molecule has 1 aliphatic carbocycles. The molecule has 0 atom stereocenters. The van der Waals surface area contributed by atoms with E-state index in [-0.39, 0.29) is 6.03 Å². The van der Waals surface area contributed by atoms with Gasteiger partial charge >= 0.3 is 6.03 Å². The smallest absolute Gasteiger partial charge is 0.314 e. The maximum absolute atomic E-state index is 10.3. The van der Waals surface area contributed by atoms with E-state index < -0.39 is 0 Å². The Hall–Kier alpha value is -3.08. The van der Waals surface area contributed by atoms with E-state index in [9.17, 15) is 4.79 Å². The lowest BCUT2D eigenvalue weighted by atomic mass is 10.1. The number of carbonyl (C=O) groups is 1. The van der Waals surface area contributed by atoms with Crippen molar-refractivity contribution < 1.29 is 4.79 Å². The van der Waals surface area contributed by atoms with Crippen LogP contribution in [0, 0.1) is 12.8 Å². The summed E-state index contributed by atoms with van der Waals surface area (Å²) in [6.07, 6.45) is 19.0. The third-order valence-electron chi connectivity index (χ3n) is 5.11. The van der Waals surface area contributed by atoms with Crippen LogP contribution >= 0.6 is 0 Å². The minimum atomic E-state index is -0.275. The van der Waals surface area contributed by atoms with Crippen LogP contribution in [0.15, 0.2) is 18.5 Å². The number of aromatic nitrogens is 5. The Morgan fingerprint density at radius 3 is 2.48 bits per heavy atom. The van der Waals surface area contributed by atoms with Crippen molar-refractivity contribution in [2.75, 3.05) is 13.1 Å². The number of nitrogens with one attached hydrogen (secondary N) is 1. The molecular weight excluding hydrogens is 342 g/mol. The van der Waals surface area contributed by atoms with E-state index in [1.807, 2.05) is 12.3 Å². The van der Waals surface area contributed by atoms with Crippen molar-refractivity contribution in [2.24, 2.45) is 5.73 Å². The number of nitrogens with two attached hydrogens (primary N) is 1. The monoisotopic (exact) mass is 367 g/mol. The average Bonchev–Trinajstić information content (AvgIpc) is 3.50. The van der Waals surface area contributed by atoms with Gasteiger partial charge in [0.25, 0.3) is 0 Å². The summed E-state index contributed by atoms with van der Waals surface area (Å²) >= 11 is 0. The van der Waals surface area contributed by atoms with E-state index >= 15 is 0 Å². The van der Waals surface area contributed by atoms with Gasteiger partial charge in [0.2, 0.25) is 0 Å². The van der Waals surface area contributed by atoms with Gasteiger partial charge in [0.15, 0.2) is 11.3 Å². The van der Waals surface area contributed by atoms with Crippen LogP contribution in [0.4, 0.5) is 4.79 Å². The Morgan fingerprint density at radius 1 is 1.15 bits per heavy atom. The molecule has 8 heteroatoms. The van der Waals surface area contributed by atoms with Crippen molar-refractivity contribution in [3.63, 3.8) is 0 Å². The van der Waals surface area contributed by atoms with Crippen LogP contribution in [-0.4, -0.2) is 48.6 Å². The van der Waals surface area contributed by atoms with Crippen molar-refractivity contribution in [2.45, 2.75) is 44.4 Å². The minimum Gasteiger partial charge on any atom is -0.351 e. The van der Waals surface area contributed by atoms with Crippen LogP contribution in [0.25, 0.3) is 16.8 Å². The van der Waals surface area contributed by atoms with E-state index in [1.54, 1.807) is 11.1 Å². The molecule has 1 aliphatic heterocycles. The van der Waals surface area contributed by atoms with Gasteiger partial charge < -0.3 is 15.6 Å². The summed E-state index contributed by atoms with van der Waals surface area (Å²) in [5, 5.41) is 8.60. The second-order valence-corrected chi connectivity index (χ2v) is 6.74. The number of hydrogen-bond donors (Lipinski definition) is 2. The van der Waals surface area contributed by atoms with Crippen LogP contribution in [0.1, 0.15) is 50.3 Å². The van der Waals surface area contributed by atoms with Crippen molar-refractivity contribution in [3.8, 4) is 12.8 Å². The molecule has 3 aromatic heterocycles. The van der Waals surface area contributed by atoms with Crippen molar-refractivity contribution in [1.29, 1.82) is 0 Å². The topological polar surface area (TPSA) is 105 Å². The lowest BCUT2D eigenvalue weighted by molar-refractivity contribution is 0.218. The second kappa shape index (κ2) is 8.54. The highest BCUT2D eigenvalue weighted by Gasteiger charge is 2.23. The van der Waals surface area contributed by atoms with Crippen LogP contribution in [-0.2, 0) is 0 Å². The third-order valence-corrected chi connectivity index (χ3v) is 5.11. The Balaban J connectivity index is 0.000000178. The molecule has 2 fully saturated rings. The number of rotatable bonds is 1. The number of primary amides is 1. The molecule has 1 saturated carbocycles. The highest BCUT2D eigenvalue weighted by atomic mass is 16.2. The van der Waals surface area contributed by atoms with Gasteiger partial charge in [-0.3, -0.25) is 4.40 Å². The zero-order valence-corrected chi connectivity index (χ0v) is 15.3. The van der Waals surface area contributed by atoms with Crippen molar-refractivity contribution >= 4 is 22.8 Å². The number of fused-ring (bicyclic) bond motifs is 3. The fraction of sp³-hybridized carbons (Fsp3) is 0.474. The number of urea groups is 1. The lowest BCUT2D eigenvalue weighted by Gasteiger charge is -2.09. The zero-order valence-electron chi connectivity index (χ0n) is 15.3. The van der Waals surface area contributed by atoms with E-state index in [4.69, 9.17) is 5.73 Å². The Labute approximate surface area is 158 Å². The van der Waals surface area contributed by atoms with Gasteiger partial charge in [-0.05, 0) is 31.7 Å². The molecule has 142 valence electrons. The molecule has 0 radical (unpaired) electrons. The van der Waals surface area contributed by atoms with E-state index in [1.165, 1.54) is 25.7 Å². The molecule has 4 heterocycles. The molecule has 0 unspecified atom stereocenters. The summed E-state index contributed by atoms with van der Waals surface area (Å²) in [4.78, 5) is 19.5. The Kier molecular flexibility index (Phi) is 5.91. The summed E-state index contributed by atoms with van der Waals surface area (Å²) in [6.45, 7) is 1.71. The summed E-state index contributed by atoms with van der Waals surface area (Å²) < 4.78 is 2.15. The molecule has 3 aromatic rings. The summed E-state index contributed by atoms with van der Waals surface area (Å²) in [6, 6.07) is 1.76. The number of amides is 2. The van der Waals surface area contributed by atoms with Gasteiger partial charge in [-0.1, -0.05) is 12.8 Å². The predicted molar refractivity (Wildman–Crippen MR) is 104 cm³/mol. The molecule has 8 nitrogen and oxygen atoms in total. The molecule has 27 heavy (non-hydrogen) atoms. The maximum Gasteiger partial charge on any atom is 0.314 e. The van der Waals surface area contributed by atoms with E-state index in [0.717, 1.165) is 48.6 Å². The van der Waals surface area contributed by atoms with Gasteiger partial charge in [-0.15, -0.1) is 23.0 Å². The molecule has 0 spiro atoms. The Bertz CT molecular complexity index is 914. The first-order valence-electron chi connectivity index (χ1n) is 9.29. The first-order chi connectivity index (χ1) is 13.2. The number of terminal acetylenes is 1. The standard InChI is InChI=1S/C12H13N5.C5H10N2O.C2H2/c1-2-4-8(3-1)12-16-15-10-7-14-11-9(17(10)12)5-6-13-11;6-5(8)7-3-1-2-4-7;1-2/h5-8,13H,1-4H2;1-4H2,(H2,6,8);1-2H. The number of aromatic amines is 1. The molecule has 5 rings (SSSR count). The molecule has 0 aromatic carbocycles. The minimum absolute atomic E-state index is 0.275. The molecular formula is C19H25N7O. The van der Waals surface area contributed by atoms with Gasteiger partial charge in [0.05, 0.1) is 11.7 Å². The van der Waals surface area contributed by atoms with Crippen LogP contribution in [0.5, 0.6) is 0 Å². The number of likely N-dealkylation sites (tertiary alicyclic amines) is 1. The van der Waals surface area contributed by atoms with Crippen LogP contribution in [0.2, 0.25) is 0 Å². The molecule has 3 N–H and O–H groups in total. The number of hydrogen-bond acceptors (Lipinski definition) is 4.